The summed E-state index contributed by atoms with van der Waals surface area (Å²) in [6, 6.07) is 20.0. The van der Waals surface area contributed by atoms with E-state index in [0.717, 1.165) is 63.7 Å². The molecule has 3 aromatic rings. The Balaban J connectivity index is 1.04. The molecule has 2 heterocycles. The summed E-state index contributed by atoms with van der Waals surface area (Å²) in [6.45, 7) is 3.44. The van der Waals surface area contributed by atoms with E-state index in [2.05, 4.69) is 21.3 Å². The molecule has 5 rings (SSSR count). The molecule has 0 spiro atoms. The van der Waals surface area contributed by atoms with E-state index >= 15 is 0 Å². The third kappa shape index (κ3) is 8.01. The number of piperazine rings is 1. The van der Waals surface area contributed by atoms with Gasteiger partial charge in [-0.05, 0) is 79.1 Å². The first-order valence-corrected chi connectivity index (χ1v) is 15.0. The third-order valence-corrected chi connectivity index (χ3v) is 8.50. The summed E-state index contributed by atoms with van der Waals surface area (Å²) in [5.41, 5.74) is 3.82. The largest absolute Gasteiger partial charge is 0.348 e. The Hall–Kier alpha value is -4.09. The topological polar surface area (TPSA) is 89.3 Å². The molecule has 218 valence electrons. The molecule has 42 heavy (non-hydrogen) atoms. The van der Waals surface area contributed by atoms with E-state index in [1.807, 2.05) is 29.2 Å². The lowest BCUT2D eigenvalue weighted by atomic mass is 9.82. The van der Waals surface area contributed by atoms with Crippen molar-refractivity contribution in [3.63, 3.8) is 0 Å². The minimum atomic E-state index is -0.239. The number of nitrogens with one attached hydrogen (secondary N) is 1. The predicted molar refractivity (Wildman–Crippen MR) is 159 cm³/mol. The minimum absolute atomic E-state index is 0.0768. The Kier molecular flexibility index (Phi) is 9.94. The van der Waals surface area contributed by atoms with Gasteiger partial charge >= 0.3 is 0 Å². The first-order chi connectivity index (χ1) is 20.5. The highest BCUT2D eigenvalue weighted by atomic mass is 19.1. The fraction of sp³-hybridized carbons (Fsp3) is 0.412. The summed E-state index contributed by atoms with van der Waals surface area (Å²) < 4.78 is 13.2. The van der Waals surface area contributed by atoms with Crippen LogP contribution in [0.3, 0.4) is 0 Å². The lowest BCUT2D eigenvalue weighted by Gasteiger charge is -2.34. The number of nitriles is 1. The van der Waals surface area contributed by atoms with Crippen molar-refractivity contribution in [2.24, 2.45) is 5.92 Å². The summed E-state index contributed by atoms with van der Waals surface area (Å²) in [7, 11) is 0. The van der Waals surface area contributed by atoms with Gasteiger partial charge in [-0.15, -0.1) is 0 Å². The molecule has 1 aliphatic heterocycles. The Labute approximate surface area is 247 Å². The number of hydrogen-bond acceptors (Lipinski definition) is 5. The zero-order valence-corrected chi connectivity index (χ0v) is 24.0. The maximum absolute atomic E-state index is 13.2. The normalized spacial score (nSPS) is 19.2. The predicted octanol–water partition coefficient (Wildman–Crippen LogP) is 5.36. The molecule has 1 saturated heterocycles. The van der Waals surface area contributed by atoms with E-state index in [9.17, 15) is 14.0 Å². The smallest absolute Gasteiger partial charge is 0.270 e. The van der Waals surface area contributed by atoms with E-state index < -0.39 is 0 Å². The van der Waals surface area contributed by atoms with Gasteiger partial charge in [0.2, 0.25) is 0 Å². The molecule has 1 aromatic heterocycles. The Morgan fingerprint density at radius 1 is 0.952 bits per heavy atom. The second-order valence-electron chi connectivity index (χ2n) is 11.5. The standard InChI is InChI=1S/C34H38FN5O2/c35-30-14-11-28(12-15-30)24-39-17-19-40(20-18-39)34(42)29-13-16-32(37-23-29)33(41)38-31-6-2-5-26(21-31)4-1-3-25-7-9-27(22-36)10-8-25/h7-16,23,26,31H,1-6,17-21,24H2,(H,38,41)/t26?,31-/m1/s1. The van der Waals surface area contributed by atoms with Gasteiger partial charge in [0.1, 0.15) is 11.5 Å². The molecule has 2 aliphatic rings. The summed E-state index contributed by atoms with van der Waals surface area (Å²) in [6.07, 6.45) is 8.97. The van der Waals surface area contributed by atoms with Crippen LogP contribution in [-0.2, 0) is 13.0 Å². The average molecular weight is 568 g/mol. The molecule has 2 aromatic carbocycles. The number of benzene rings is 2. The first kappa shape index (κ1) is 29.4. The van der Waals surface area contributed by atoms with E-state index in [4.69, 9.17) is 5.26 Å². The quantitative estimate of drug-likeness (QED) is 0.376. The number of aromatic nitrogens is 1. The fourth-order valence-electron chi connectivity index (χ4n) is 6.08. The zero-order chi connectivity index (χ0) is 29.3. The van der Waals surface area contributed by atoms with Gasteiger partial charge < -0.3 is 10.2 Å². The maximum Gasteiger partial charge on any atom is 0.270 e. The van der Waals surface area contributed by atoms with Crippen molar-refractivity contribution in [3.05, 3.63) is 101 Å². The SMILES string of the molecule is N#Cc1ccc(CCCC2CCC[C@@H](NC(=O)c3ccc(C(=O)N4CCN(Cc5ccc(F)cc5)CC4)cn3)C2)cc1. The van der Waals surface area contributed by atoms with Crippen LogP contribution >= 0.6 is 0 Å². The highest BCUT2D eigenvalue weighted by Gasteiger charge is 2.25. The van der Waals surface area contributed by atoms with Gasteiger partial charge in [0.05, 0.1) is 17.2 Å². The molecule has 1 saturated carbocycles. The lowest BCUT2D eigenvalue weighted by molar-refractivity contribution is 0.0627. The van der Waals surface area contributed by atoms with Crippen molar-refractivity contribution in [3.8, 4) is 6.07 Å². The summed E-state index contributed by atoms with van der Waals surface area (Å²) in [5.74, 6) is 0.0857. The summed E-state index contributed by atoms with van der Waals surface area (Å²) >= 11 is 0. The molecule has 1 N–H and O–H groups in total. The number of pyridine rings is 1. The number of amides is 2. The highest BCUT2D eigenvalue weighted by molar-refractivity contribution is 5.96. The van der Waals surface area contributed by atoms with Crippen molar-refractivity contribution < 1.29 is 14.0 Å². The second-order valence-corrected chi connectivity index (χ2v) is 11.5. The van der Waals surface area contributed by atoms with Crippen LogP contribution < -0.4 is 5.32 Å². The molecule has 1 unspecified atom stereocenters. The first-order valence-electron chi connectivity index (χ1n) is 15.0. The molecule has 1 aliphatic carbocycles. The molecule has 7 nitrogen and oxygen atoms in total. The average Bonchev–Trinajstić information content (AvgIpc) is 3.03. The number of hydrogen-bond donors (Lipinski definition) is 1. The van der Waals surface area contributed by atoms with E-state index in [-0.39, 0.29) is 23.7 Å². The van der Waals surface area contributed by atoms with Gasteiger partial charge in [-0.2, -0.15) is 5.26 Å². The van der Waals surface area contributed by atoms with Crippen LogP contribution in [0, 0.1) is 23.1 Å². The van der Waals surface area contributed by atoms with Crippen LogP contribution in [0.1, 0.15) is 76.1 Å². The van der Waals surface area contributed by atoms with Crippen molar-refractivity contribution in [2.45, 2.75) is 57.5 Å². The monoisotopic (exact) mass is 567 g/mol. The van der Waals surface area contributed by atoms with Crippen molar-refractivity contribution in [1.82, 2.24) is 20.1 Å². The molecule has 0 bridgehead atoms. The zero-order valence-electron chi connectivity index (χ0n) is 24.0. The Morgan fingerprint density at radius 3 is 2.38 bits per heavy atom. The molecule has 8 heteroatoms. The maximum atomic E-state index is 13.2. The molecule has 2 fully saturated rings. The van der Waals surface area contributed by atoms with Crippen LogP contribution in [0.25, 0.3) is 0 Å². The molecule has 0 radical (unpaired) electrons. The lowest BCUT2D eigenvalue weighted by Crippen LogP contribution is -2.48. The number of aryl methyl sites for hydroxylation is 1. The van der Waals surface area contributed by atoms with Crippen LogP contribution in [-0.4, -0.2) is 58.8 Å². The van der Waals surface area contributed by atoms with E-state index in [1.165, 1.54) is 30.3 Å². The fourth-order valence-corrected chi connectivity index (χ4v) is 6.08. The third-order valence-electron chi connectivity index (χ3n) is 8.50. The van der Waals surface area contributed by atoms with Crippen molar-refractivity contribution >= 4 is 11.8 Å². The van der Waals surface area contributed by atoms with Gasteiger partial charge in [-0.25, -0.2) is 4.39 Å². The molecule has 2 atom stereocenters. The summed E-state index contributed by atoms with van der Waals surface area (Å²) in [4.78, 5) is 34.4. The van der Waals surface area contributed by atoms with Crippen LogP contribution in [0.2, 0.25) is 0 Å². The van der Waals surface area contributed by atoms with Crippen LogP contribution in [0.5, 0.6) is 0 Å². The van der Waals surface area contributed by atoms with Gasteiger partial charge in [-0.1, -0.05) is 43.5 Å². The molecular formula is C34H38FN5O2. The minimum Gasteiger partial charge on any atom is -0.348 e. The Bertz CT molecular complexity index is 1380. The van der Waals surface area contributed by atoms with E-state index in [1.54, 1.807) is 24.3 Å². The second kappa shape index (κ2) is 14.2. The van der Waals surface area contributed by atoms with Gasteiger partial charge in [0.15, 0.2) is 0 Å². The number of carbonyl (C=O) groups excluding carboxylic acids is 2. The Morgan fingerprint density at radius 2 is 1.69 bits per heavy atom. The number of halogens is 1. The number of nitrogens with zero attached hydrogens (tertiary/aromatic N) is 4. The van der Waals surface area contributed by atoms with Crippen LogP contribution in [0.4, 0.5) is 4.39 Å². The van der Waals surface area contributed by atoms with E-state index in [0.29, 0.717) is 35.8 Å². The molecule has 2 amide bonds. The summed E-state index contributed by atoms with van der Waals surface area (Å²) in [5, 5.41) is 12.1. The van der Waals surface area contributed by atoms with Crippen LogP contribution in [0.15, 0.2) is 66.9 Å². The number of carbonyl (C=O) groups is 2. The highest BCUT2D eigenvalue weighted by Crippen LogP contribution is 2.28. The van der Waals surface area contributed by atoms with Crippen molar-refractivity contribution in [2.75, 3.05) is 26.2 Å². The van der Waals surface area contributed by atoms with Crippen molar-refractivity contribution in [1.29, 1.82) is 5.26 Å². The molecular weight excluding hydrogens is 529 g/mol. The van der Waals surface area contributed by atoms with Gasteiger partial charge in [0, 0.05) is 45.0 Å². The van der Waals surface area contributed by atoms with Gasteiger partial charge in [-0.3, -0.25) is 19.5 Å². The van der Waals surface area contributed by atoms with Gasteiger partial charge in [0.25, 0.3) is 11.8 Å². The number of rotatable bonds is 9.